The van der Waals surface area contributed by atoms with Crippen LogP contribution < -0.4 is 0 Å². The molecule has 5 nitrogen and oxygen atoms in total. The van der Waals surface area contributed by atoms with Crippen LogP contribution in [0.5, 0.6) is 0 Å². The predicted octanol–water partition coefficient (Wildman–Crippen LogP) is -0.646. The molecule has 0 spiro atoms. The van der Waals surface area contributed by atoms with Crippen LogP contribution >= 0.6 is 0 Å². The first-order valence-electron chi connectivity index (χ1n) is 3.45. The highest BCUT2D eigenvalue weighted by molar-refractivity contribution is 7.90. The van der Waals surface area contributed by atoms with Crippen molar-refractivity contribution in [3.05, 3.63) is 0 Å². The van der Waals surface area contributed by atoms with Crippen LogP contribution in [-0.4, -0.2) is 42.6 Å². The van der Waals surface area contributed by atoms with Crippen molar-refractivity contribution in [2.24, 2.45) is 0 Å². The van der Waals surface area contributed by atoms with Crippen LogP contribution in [0.3, 0.4) is 0 Å². The molecule has 0 aliphatic heterocycles. The number of hydrogen-bond donors (Lipinski definition) is 1. The molecule has 0 heterocycles. The number of aliphatic carboxylic acids is 1. The van der Waals surface area contributed by atoms with E-state index < -0.39 is 21.2 Å². The SMILES string of the molecule is C#CCN(C)S(=O)(=O)C(C)C(=O)O. The van der Waals surface area contributed by atoms with E-state index >= 15 is 0 Å². The zero-order valence-corrected chi connectivity index (χ0v) is 8.21. The minimum Gasteiger partial charge on any atom is -0.480 e. The molecule has 0 aliphatic rings. The Labute approximate surface area is 77.4 Å². The molecule has 0 aromatic carbocycles. The van der Waals surface area contributed by atoms with Gasteiger partial charge in [-0.15, -0.1) is 6.42 Å². The van der Waals surface area contributed by atoms with Crippen molar-refractivity contribution in [2.45, 2.75) is 12.2 Å². The number of sulfonamides is 1. The van der Waals surface area contributed by atoms with Crippen molar-refractivity contribution in [1.29, 1.82) is 0 Å². The second-order valence-corrected chi connectivity index (χ2v) is 4.85. The van der Waals surface area contributed by atoms with E-state index in [9.17, 15) is 13.2 Å². The molecule has 74 valence electrons. The molecular weight excluding hydrogens is 194 g/mol. The fraction of sp³-hybridized carbons (Fsp3) is 0.571. The van der Waals surface area contributed by atoms with Crippen molar-refractivity contribution < 1.29 is 18.3 Å². The molecule has 1 unspecified atom stereocenters. The van der Waals surface area contributed by atoms with E-state index in [1.807, 2.05) is 0 Å². The van der Waals surface area contributed by atoms with Gasteiger partial charge in [-0.2, -0.15) is 4.31 Å². The van der Waals surface area contributed by atoms with Gasteiger partial charge in [-0.1, -0.05) is 5.92 Å². The first-order valence-corrected chi connectivity index (χ1v) is 4.95. The molecule has 0 amide bonds. The summed E-state index contributed by atoms with van der Waals surface area (Å²) in [5.74, 6) is 0.736. The molecule has 0 aliphatic carbocycles. The van der Waals surface area contributed by atoms with Crippen molar-refractivity contribution in [1.82, 2.24) is 4.31 Å². The summed E-state index contributed by atoms with van der Waals surface area (Å²) in [5, 5.41) is 7.01. The van der Waals surface area contributed by atoms with Gasteiger partial charge in [-0.25, -0.2) is 8.42 Å². The molecule has 0 saturated heterocycles. The van der Waals surface area contributed by atoms with E-state index in [0.29, 0.717) is 0 Å². The Morgan fingerprint density at radius 3 is 2.46 bits per heavy atom. The van der Waals surface area contributed by atoms with Crippen LogP contribution in [0.4, 0.5) is 0 Å². The maximum atomic E-state index is 11.3. The molecule has 0 fully saturated rings. The summed E-state index contributed by atoms with van der Waals surface area (Å²) in [4.78, 5) is 10.4. The van der Waals surface area contributed by atoms with Crippen LogP contribution in [0, 0.1) is 12.3 Å². The molecule has 0 aromatic heterocycles. The Morgan fingerprint density at radius 2 is 2.15 bits per heavy atom. The number of carbonyl (C=O) groups is 1. The fourth-order valence-corrected chi connectivity index (χ4v) is 1.66. The Balaban J connectivity index is 4.79. The van der Waals surface area contributed by atoms with E-state index in [1.54, 1.807) is 0 Å². The lowest BCUT2D eigenvalue weighted by molar-refractivity contribution is -0.136. The quantitative estimate of drug-likeness (QED) is 0.619. The Kier molecular flexibility index (Phi) is 3.91. The average molecular weight is 205 g/mol. The van der Waals surface area contributed by atoms with Crippen molar-refractivity contribution in [3.63, 3.8) is 0 Å². The van der Waals surface area contributed by atoms with Crippen molar-refractivity contribution in [3.8, 4) is 12.3 Å². The number of carboxylic acid groups (broad SMARTS) is 1. The molecule has 0 saturated carbocycles. The predicted molar refractivity (Wildman–Crippen MR) is 47.5 cm³/mol. The number of carboxylic acids is 1. The molecular formula is C7H11NO4S. The van der Waals surface area contributed by atoms with E-state index in [1.165, 1.54) is 7.05 Å². The Morgan fingerprint density at radius 1 is 1.69 bits per heavy atom. The molecule has 13 heavy (non-hydrogen) atoms. The maximum absolute atomic E-state index is 11.3. The van der Waals surface area contributed by atoms with E-state index in [4.69, 9.17) is 11.5 Å². The standard InChI is InChI=1S/C7H11NO4S/c1-4-5-8(3)13(11,12)6(2)7(9)10/h1,6H,5H2,2-3H3,(H,9,10). The first-order chi connectivity index (χ1) is 5.84. The van der Waals surface area contributed by atoms with Gasteiger partial charge in [0.25, 0.3) is 0 Å². The van der Waals surface area contributed by atoms with Gasteiger partial charge in [0.2, 0.25) is 10.0 Å². The lowest BCUT2D eigenvalue weighted by Gasteiger charge is -2.16. The summed E-state index contributed by atoms with van der Waals surface area (Å²) < 4.78 is 23.5. The van der Waals surface area contributed by atoms with E-state index in [0.717, 1.165) is 11.2 Å². The van der Waals surface area contributed by atoms with Crippen LogP contribution in [-0.2, 0) is 14.8 Å². The Bertz CT molecular complexity index is 327. The second kappa shape index (κ2) is 4.25. The third-order valence-electron chi connectivity index (χ3n) is 1.54. The molecule has 0 rings (SSSR count). The first kappa shape index (κ1) is 11.9. The average Bonchev–Trinajstić information content (AvgIpc) is 2.03. The minimum atomic E-state index is -3.81. The molecule has 6 heteroatoms. The van der Waals surface area contributed by atoms with Crippen LogP contribution in [0.15, 0.2) is 0 Å². The van der Waals surface area contributed by atoms with Gasteiger partial charge >= 0.3 is 5.97 Å². The third kappa shape index (κ3) is 2.72. The van der Waals surface area contributed by atoms with Gasteiger partial charge in [0.05, 0.1) is 6.54 Å². The highest BCUT2D eigenvalue weighted by Crippen LogP contribution is 2.05. The van der Waals surface area contributed by atoms with Gasteiger partial charge < -0.3 is 5.11 Å². The monoisotopic (exact) mass is 205 g/mol. The lowest BCUT2D eigenvalue weighted by atomic mass is 10.5. The van der Waals surface area contributed by atoms with Gasteiger partial charge in [-0.05, 0) is 6.92 Å². The van der Waals surface area contributed by atoms with Crippen molar-refractivity contribution in [2.75, 3.05) is 13.6 Å². The largest absolute Gasteiger partial charge is 0.480 e. The summed E-state index contributed by atoms with van der Waals surface area (Å²) in [6, 6.07) is 0. The number of hydrogen-bond acceptors (Lipinski definition) is 3. The van der Waals surface area contributed by atoms with E-state index in [2.05, 4.69) is 5.92 Å². The zero-order valence-electron chi connectivity index (χ0n) is 7.39. The molecule has 1 atom stereocenters. The zero-order chi connectivity index (χ0) is 10.6. The molecule has 0 aromatic rings. The van der Waals surface area contributed by atoms with Gasteiger partial charge in [0, 0.05) is 7.05 Å². The number of terminal acetylenes is 1. The minimum absolute atomic E-state index is 0.125. The molecule has 1 N–H and O–H groups in total. The maximum Gasteiger partial charge on any atom is 0.323 e. The molecule has 0 bridgehead atoms. The number of rotatable bonds is 4. The lowest BCUT2D eigenvalue weighted by Crippen LogP contribution is -2.39. The third-order valence-corrected chi connectivity index (χ3v) is 3.64. The van der Waals surface area contributed by atoms with Crippen LogP contribution in [0.1, 0.15) is 6.92 Å². The van der Waals surface area contributed by atoms with Gasteiger partial charge in [-0.3, -0.25) is 4.79 Å². The highest BCUT2D eigenvalue weighted by atomic mass is 32.2. The van der Waals surface area contributed by atoms with E-state index in [-0.39, 0.29) is 6.54 Å². The second-order valence-electron chi connectivity index (χ2n) is 2.49. The fourth-order valence-electron chi connectivity index (χ4n) is 0.616. The summed E-state index contributed by atoms with van der Waals surface area (Å²) in [7, 11) is -2.56. The summed E-state index contributed by atoms with van der Waals surface area (Å²) in [6.45, 7) is 0.977. The smallest absolute Gasteiger partial charge is 0.323 e. The highest BCUT2D eigenvalue weighted by Gasteiger charge is 2.30. The van der Waals surface area contributed by atoms with Crippen molar-refractivity contribution >= 4 is 16.0 Å². The molecule has 0 radical (unpaired) electrons. The van der Waals surface area contributed by atoms with Crippen LogP contribution in [0.25, 0.3) is 0 Å². The summed E-state index contributed by atoms with van der Waals surface area (Å²) in [6.07, 6.45) is 4.90. The van der Waals surface area contributed by atoms with Gasteiger partial charge in [0.1, 0.15) is 0 Å². The summed E-state index contributed by atoms with van der Waals surface area (Å²) in [5.41, 5.74) is 0. The topological polar surface area (TPSA) is 74.7 Å². The normalized spacial score (nSPS) is 13.7. The van der Waals surface area contributed by atoms with Gasteiger partial charge in [0.15, 0.2) is 5.25 Å². The summed E-state index contributed by atoms with van der Waals surface area (Å²) >= 11 is 0. The van der Waals surface area contributed by atoms with Crippen LogP contribution in [0.2, 0.25) is 0 Å². The number of nitrogens with zero attached hydrogens (tertiary/aromatic N) is 1. The Hall–Kier alpha value is -1.06.